The van der Waals surface area contributed by atoms with Gasteiger partial charge in [0, 0.05) is 33.1 Å². The molecule has 0 aromatic rings. The molecule has 16 heteroatoms. The predicted octanol–water partition coefficient (Wildman–Crippen LogP) is -0.170. The SMILES string of the molecule is CC(=O)O[C@H]1[C@@H](OC(C)=O)[C@]2(CO2)[C@@H]2[C@H](OC(C)=O)[C@@]3(O)[C@H](/C=C(CO)\C=C/[C@H](OC(=O)CO)[C@@]2(C)[C@H]1OC(=O)CC(C)C)OC(=O)[C@@H]3C. The molecule has 3 N–H and O–H groups in total. The van der Waals surface area contributed by atoms with E-state index in [2.05, 4.69) is 0 Å². The third-order valence-electron chi connectivity index (χ3n) is 9.63. The average molecular weight is 697 g/mol. The van der Waals surface area contributed by atoms with E-state index in [0.717, 1.165) is 20.8 Å². The molecule has 2 heterocycles. The van der Waals surface area contributed by atoms with Crippen LogP contribution in [0.3, 0.4) is 0 Å². The summed E-state index contributed by atoms with van der Waals surface area (Å²) in [5.41, 5.74) is -6.14. The molecule has 2 aliphatic heterocycles. The van der Waals surface area contributed by atoms with E-state index in [-0.39, 0.29) is 24.5 Å². The Morgan fingerprint density at radius 1 is 0.918 bits per heavy atom. The van der Waals surface area contributed by atoms with Gasteiger partial charge >= 0.3 is 35.8 Å². The van der Waals surface area contributed by atoms with Gasteiger partial charge in [-0.25, -0.2) is 4.79 Å². The lowest BCUT2D eigenvalue weighted by molar-refractivity contribution is -0.280. The van der Waals surface area contributed by atoms with E-state index in [1.807, 2.05) is 0 Å². The third kappa shape index (κ3) is 6.96. The summed E-state index contributed by atoms with van der Waals surface area (Å²) >= 11 is 0. The summed E-state index contributed by atoms with van der Waals surface area (Å²) in [5.74, 6) is -8.66. The molecule has 0 aromatic carbocycles. The number of carbonyl (C=O) groups excluding carboxylic acids is 6. The summed E-state index contributed by atoms with van der Waals surface area (Å²) < 4.78 is 40.9. The molecule has 0 radical (unpaired) electrons. The Balaban J connectivity index is 2.17. The highest BCUT2D eigenvalue weighted by Gasteiger charge is 2.81. The highest BCUT2D eigenvalue weighted by atomic mass is 16.7. The second kappa shape index (κ2) is 14.2. The first-order valence-corrected chi connectivity index (χ1v) is 15.9. The van der Waals surface area contributed by atoms with Crippen molar-refractivity contribution in [3.8, 4) is 0 Å². The van der Waals surface area contributed by atoms with Crippen LogP contribution in [-0.2, 0) is 61.9 Å². The molecule has 2 saturated heterocycles. The van der Waals surface area contributed by atoms with Crippen LogP contribution in [0.2, 0.25) is 0 Å². The van der Waals surface area contributed by atoms with Crippen molar-refractivity contribution in [1.82, 2.24) is 0 Å². The van der Waals surface area contributed by atoms with Crippen LogP contribution in [0, 0.1) is 23.2 Å². The van der Waals surface area contributed by atoms with Crippen LogP contribution in [0.5, 0.6) is 0 Å². The maximum absolute atomic E-state index is 13.5. The number of carbonyl (C=O) groups is 6. The van der Waals surface area contributed by atoms with Crippen LogP contribution < -0.4 is 0 Å². The van der Waals surface area contributed by atoms with Gasteiger partial charge in [0.1, 0.15) is 24.4 Å². The van der Waals surface area contributed by atoms with Gasteiger partial charge in [-0.05, 0) is 30.6 Å². The van der Waals surface area contributed by atoms with Gasteiger partial charge in [-0.15, -0.1) is 0 Å². The minimum atomic E-state index is -2.44. The number of fused-ring (bicyclic) bond motifs is 3. The van der Waals surface area contributed by atoms with Crippen LogP contribution in [-0.4, -0.2) is 119 Å². The van der Waals surface area contributed by atoms with E-state index < -0.39 is 114 Å². The molecule has 3 fully saturated rings. The van der Waals surface area contributed by atoms with Crippen molar-refractivity contribution < 1.29 is 77.2 Å². The topological polar surface area (TPSA) is 231 Å². The lowest BCUT2D eigenvalue weighted by Gasteiger charge is -2.59. The summed E-state index contributed by atoms with van der Waals surface area (Å²) in [6, 6.07) is 0. The minimum absolute atomic E-state index is 0.0647. The first-order chi connectivity index (χ1) is 22.9. The first-order valence-electron chi connectivity index (χ1n) is 15.9. The van der Waals surface area contributed by atoms with Crippen molar-refractivity contribution in [3.05, 3.63) is 23.8 Å². The molecule has 1 spiro atoms. The van der Waals surface area contributed by atoms with Crippen molar-refractivity contribution in [2.24, 2.45) is 23.2 Å². The van der Waals surface area contributed by atoms with Crippen LogP contribution in [0.25, 0.3) is 0 Å². The molecule has 4 rings (SSSR count). The maximum atomic E-state index is 13.5. The Kier molecular flexibility index (Phi) is 11.0. The van der Waals surface area contributed by atoms with Gasteiger partial charge < -0.3 is 48.5 Å². The highest BCUT2D eigenvalue weighted by Crippen LogP contribution is 2.63. The summed E-state index contributed by atoms with van der Waals surface area (Å²) in [7, 11) is 0. The normalized spacial score (nSPS) is 39.7. The number of hydrogen-bond donors (Lipinski definition) is 3. The van der Waals surface area contributed by atoms with Crippen molar-refractivity contribution in [2.45, 2.75) is 103 Å². The zero-order valence-corrected chi connectivity index (χ0v) is 28.4. The molecule has 2 aliphatic carbocycles. The summed E-state index contributed by atoms with van der Waals surface area (Å²) in [6.07, 6.45) is -6.16. The third-order valence-corrected chi connectivity index (χ3v) is 9.63. The lowest BCUT2D eigenvalue weighted by atomic mass is 9.51. The van der Waals surface area contributed by atoms with E-state index in [9.17, 15) is 44.1 Å². The molecule has 0 bridgehead atoms. The smallest absolute Gasteiger partial charge is 0.332 e. The van der Waals surface area contributed by atoms with Gasteiger partial charge in [0.15, 0.2) is 30.0 Å². The number of ether oxygens (including phenoxy) is 7. The molecule has 0 aromatic heterocycles. The predicted molar refractivity (Wildman–Crippen MR) is 162 cm³/mol. The van der Waals surface area contributed by atoms with Gasteiger partial charge in [-0.2, -0.15) is 0 Å². The number of epoxide rings is 1. The summed E-state index contributed by atoms with van der Waals surface area (Å²) in [5, 5.41) is 32.7. The van der Waals surface area contributed by atoms with Crippen molar-refractivity contribution in [3.63, 3.8) is 0 Å². The quantitative estimate of drug-likeness (QED) is 0.161. The average Bonchev–Trinajstić information content (AvgIpc) is 3.75. The van der Waals surface area contributed by atoms with Crippen molar-refractivity contribution in [2.75, 3.05) is 19.8 Å². The monoisotopic (exact) mass is 696 g/mol. The molecule has 4 aliphatic rings. The lowest BCUT2D eigenvalue weighted by Crippen LogP contribution is -2.76. The molecule has 49 heavy (non-hydrogen) atoms. The minimum Gasteiger partial charge on any atom is -0.459 e. The molecule has 0 unspecified atom stereocenters. The fraction of sp³-hybridized carbons (Fsp3) is 0.697. The Labute approximate surface area is 282 Å². The van der Waals surface area contributed by atoms with Crippen LogP contribution in [0.15, 0.2) is 23.8 Å². The molecular weight excluding hydrogens is 652 g/mol. The van der Waals surface area contributed by atoms with E-state index in [4.69, 9.17) is 33.2 Å². The molecule has 16 nitrogen and oxygen atoms in total. The Morgan fingerprint density at radius 2 is 1.51 bits per heavy atom. The van der Waals surface area contributed by atoms with Gasteiger partial charge in [0.25, 0.3) is 0 Å². The van der Waals surface area contributed by atoms with Crippen molar-refractivity contribution >= 4 is 35.8 Å². The van der Waals surface area contributed by atoms with Crippen LogP contribution in [0.1, 0.15) is 54.9 Å². The van der Waals surface area contributed by atoms with E-state index in [0.29, 0.717) is 0 Å². The van der Waals surface area contributed by atoms with E-state index in [1.165, 1.54) is 32.1 Å². The largest absolute Gasteiger partial charge is 0.459 e. The highest BCUT2D eigenvalue weighted by molar-refractivity contribution is 5.78. The molecule has 1 saturated carbocycles. The van der Waals surface area contributed by atoms with Crippen LogP contribution in [0.4, 0.5) is 0 Å². The number of rotatable bonds is 9. The zero-order valence-electron chi connectivity index (χ0n) is 28.4. The molecule has 11 atom stereocenters. The van der Waals surface area contributed by atoms with Gasteiger partial charge in [0.2, 0.25) is 0 Å². The fourth-order valence-corrected chi connectivity index (χ4v) is 7.46. The first kappa shape index (κ1) is 38.0. The summed E-state index contributed by atoms with van der Waals surface area (Å²) in [4.78, 5) is 77.8. The zero-order chi connectivity index (χ0) is 36.6. The second-order valence-corrected chi connectivity index (χ2v) is 13.5. The Morgan fingerprint density at radius 3 is 2.02 bits per heavy atom. The Bertz CT molecular complexity index is 1410. The number of esters is 6. The van der Waals surface area contributed by atoms with Crippen LogP contribution >= 0.6 is 0 Å². The Hall–Kier alpha value is -3.86. The fourth-order valence-electron chi connectivity index (χ4n) is 7.46. The van der Waals surface area contributed by atoms with Gasteiger partial charge in [-0.3, -0.25) is 24.0 Å². The molecular formula is C33H44O16. The van der Waals surface area contributed by atoms with Crippen molar-refractivity contribution in [1.29, 1.82) is 0 Å². The van der Waals surface area contributed by atoms with E-state index in [1.54, 1.807) is 13.8 Å². The molecule has 0 amide bonds. The molecule has 272 valence electrons. The number of aliphatic hydroxyl groups is 3. The maximum Gasteiger partial charge on any atom is 0.332 e. The number of hydrogen-bond acceptors (Lipinski definition) is 16. The standard InChI is InChI=1S/C33H44O16/c1-15(2)10-23(39)49-27-25(44-17(4)36)28(45-18(5)37)32(14-43-32)26-29(46-19(6)38)33(42)16(3)30(41)48-22(33)11-20(12-34)8-9-21(31(26,27)7)47-24(40)13-35/h8-9,11,15-16,21-22,25-29,34-35,42H,10,12-14H2,1-7H3/b9-8-,20-11+/t16-,21-,22-,25+,26+,27-,28+,29-,31+,32-,33-/m0/s1. The van der Waals surface area contributed by atoms with Gasteiger partial charge in [-0.1, -0.05) is 26.8 Å². The second-order valence-electron chi connectivity index (χ2n) is 13.5. The van der Waals surface area contributed by atoms with Gasteiger partial charge in [0.05, 0.1) is 24.5 Å². The number of aliphatic hydroxyl groups excluding tert-OH is 2. The summed E-state index contributed by atoms with van der Waals surface area (Å²) in [6.45, 7) is 7.43. The van der Waals surface area contributed by atoms with E-state index >= 15 is 0 Å².